The zero-order valence-corrected chi connectivity index (χ0v) is 12.0. The van der Waals surface area contributed by atoms with Gasteiger partial charge in [0.15, 0.2) is 0 Å². The smallest absolute Gasteiger partial charge is 0.241 e. The first-order valence-electron chi connectivity index (χ1n) is 6.21. The number of rotatable bonds is 5. The van der Waals surface area contributed by atoms with Crippen LogP contribution in [0.4, 0.5) is 5.69 Å². The van der Waals surface area contributed by atoms with E-state index < -0.39 is 10.0 Å². The molecule has 1 aromatic heterocycles. The second-order valence-corrected chi connectivity index (χ2v) is 6.11. The lowest BCUT2D eigenvalue weighted by molar-refractivity contribution is 0.581. The van der Waals surface area contributed by atoms with E-state index in [2.05, 4.69) is 9.71 Å². The minimum absolute atomic E-state index is 0.0337. The highest BCUT2D eigenvalue weighted by molar-refractivity contribution is 7.89. The first-order valence-corrected chi connectivity index (χ1v) is 7.69. The lowest BCUT2D eigenvalue weighted by Crippen LogP contribution is -2.26. The minimum atomic E-state index is -3.73. The van der Waals surface area contributed by atoms with Gasteiger partial charge in [-0.25, -0.2) is 13.1 Å². The van der Waals surface area contributed by atoms with Crippen molar-refractivity contribution in [1.82, 2.24) is 9.71 Å². The molecule has 6 nitrogen and oxygen atoms in total. The van der Waals surface area contributed by atoms with Gasteiger partial charge in [-0.2, -0.15) is 5.26 Å². The zero-order valence-electron chi connectivity index (χ0n) is 11.2. The van der Waals surface area contributed by atoms with E-state index in [0.29, 0.717) is 12.1 Å². The first kappa shape index (κ1) is 15.0. The molecule has 7 heteroatoms. The Morgan fingerprint density at radius 3 is 2.62 bits per heavy atom. The summed E-state index contributed by atoms with van der Waals surface area (Å²) in [5, 5.41) is 9.00. The Kier molecular flexibility index (Phi) is 4.52. The van der Waals surface area contributed by atoms with Crippen LogP contribution < -0.4 is 10.5 Å². The van der Waals surface area contributed by atoms with Crippen LogP contribution in [0.25, 0.3) is 0 Å². The Bertz CT molecular complexity index is 767. The fraction of sp³-hybridized carbons (Fsp3) is 0.143. The van der Waals surface area contributed by atoms with Crippen molar-refractivity contribution < 1.29 is 8.42 Å². The van der Waals surface area contributed by atoms with Gasteiger partial charge in [0.1, 0.15) is 6.07 Å². The van der Waals surface area contributed by atoms with E-state index in [0.717, 1.165) is 5.56 Å². The molecular formula is C14H14N4O2S. The van der Waals surface area contributed by atoms with Crippen LogP contribution in [0.5, 0.6) is 0 Å². The molecule has 0 unspecified atom stereocenters. The molecule has 0 fully saturated rings. The molecule has 0 amide bonds. The van der Waals surface area contributed by atoms with Crippen LogP contribution in [0.2, 0.25) is 0 Å². The molecule has 1 aromatic carbocycles. The van der Waals surface area contributed by atoms with E-state index in [1.165, 1.54) is 18.2 Å². The van der Waals surface area contributed by atoms with Crippen molar-refractivity contribution >= 4 is 15.7 Å². The lowest BCUT2D eigenvalue weighted by Gasteiger charge is -2.08. The second-order valence-electron chi connectivity index (χ2n) is 4.37. The van der Waals surface area contributed by atoms with Crippen molar-refractivity contribution in [2.45, 2.75) is 11.3 Å². The highest BCUT2D eigenvalue weighted by Gasteiger charge is 2.18. The molecule has 3 N–H and O–H groups in total. The van der Waals surface area contributed by atoms with E-state index in [9.17, 15) is 8.42 Å². The third-order valence-corrected chi connectivity index (χ3v) is 4.39. The summed E-state index contributed by atoms with van der Waals surface area (Å²) >= 11 is 0. The maximum atomic E-state index is 12.2. The monoisotopic (exact) mass is 302 g/mol. The van der Waals surface area contributed by atoms with Crippen molar-refractivity contribution in [2.75, 3.05) is 12.3 Å². The van der Waals surface area contributed by atoms with Gasteiger partial charge < -0.3 is 5.73 Å². The number of benzene rings is 1. The molecule has 0 radical (unpaired) electrons. The number of nitrogen functional groups attached to an aromatic ring is 1. The zero-order chi connectivity index (χ0) is 15.3. The van der Waals surface area contributed by atoms with Gasteiger partial charge in [0.05, 0.1) is 10.5 Å². The second kappa shape index (κ2) is 6.35. The molecule has 108 valence electrons. The molecule has 2 rings (SSSR count). The normalized spacial score (nSPS) is 11.0. The maximum absolute atomic E-state index is 12.2. The summed E-state index contributed by atoms with van der Waals surface area (Å²) in [5.74, 6) is 0. The number of hydrogen-bond donors (Lipinski definition) is 2. The van der Waals surface area contributed by atoms with Crippen LogP contribution >= 0.6 is 0 Å². The van der Waals surface area contributed by atoms with Crippen LogP contribution in [0.1, 0.15) is 11.1 Å². The number of hydrogen-bond acceptors (Lipinski definition) is 5. The number of nitrogens with zero attached hydrogens (tertiary/aromatic N) is 2. The molecule has 21 heavy (non-hydrogen) atoms. The fourth-order valence-electron chi connectivity index (χ4n) is 1.83. The van der Waals surface area contributed by atoms with E-state index in [1.807, 2.05) is 18.2 Å². The molecule has 2 aromatic rings. The predicted octanol–water partition coefficient (Wildman–Crippen LogP) is 1.06. The van der Waals surface area contributed by atoms with Crippen molar-refractivity contribution in [3.8, 4) is 6.07 Å². The topological polar surface area (TPSA) is 109 Å². The number of sulfonamides is 1. The Labute approximate surface area is 123 Å². The van der Waals surface area contributed by atoms with Gasteiger partial charge in [0.25, 0.3) is 0 Å². The van der Waals surface area contributed by atoms with Crippen LogP contribution in [0, 0.1) is 11.3 Å². The Morgan fingerprint density at radius 1 is 1.24 bits per heavy atom. The lowest BCUT2D eigenvalue weighted by atomic mass is 10.2. The molecule has 0 spiro atoms. The van der Waals surface area contributed by atoms with E-state index >= 15 is 0 Å². The average Bonchev–Trinajstić information content (AvgIpc) is 2.47. The third kappa shape index (κ3) is 3.78. The van der Waals surface area contributed by atoms with Crippen LogP contribution in [0.3, 0.4) is 0 Å². The molecule has 0 saturated heterocycles. The van der Waals surface area contributed by atoms with Gasteiger partial charge in [0, 0.05) is 24.6 Å². The molecule has 0 bridgehead atoms. The third-order valence-electron chi connectivity index (χ3n) is 2.87. The van der Waals surface area contributed by atoms with Crippen molar-refractivity contribution in [3.63, 3.8) is 0 Å². The van der Waals surface area contributed by atoms with E-state index in [1.54, 1.807) is 12.4 Å². The summed E-state index contributed by atoms with van der Waals surface area (Å²) in [5.41, 5.74) is 6.91. The maximum Gasteiger partial charge on any atom is 0.241 e. The first-order chi connectivity index (χ1) is 10.0. The molecule has 0 aliphatic heterocycles. The fourth-order valence-corrected chi connectivity index (χ4v) is 2.99. The summed E-state index contributed by atoms with van der Waals surface area (Å²) in [4.78, 5) is 3.83. The molecule has 0 aliphatic carbocycles. The molecule has 0 aliphatic rings. The van der Waals surface area contributed by atoms with E-state index in [-0.39, 0.29) is 17.0 Å². The van der Waals surface area contributed by atoms with Crippen LogP contribution in [0.15, 0.2) is 47.6 Å². The molecule has 1 heterocycles. The van der Waals surface area contributed by atoms with Gasteiger partial charge in [0.2, 0.25) is 10.0 Å². The Morgan fingerprint density at radius 2 is 1.95 bits per heavy atom. The molecule has 0 atom stereocenters. The van der Waals surface area contributed by atoms with Crippen molar-refractivity contribution in [3.05, 3.63) is 53.9 Å². The van der Waals surface area contributed by atoms with Gasteiger partial charge in [-0.1, -0.05) is 0 Å². The summed E-state index contributed by atoms with van der Waals surface area (Å²) in [6, 6.07) is 9.62. The van der Waals surface area contributed by atoms with Crippen LogP contribution in [-0.4, -0.2) is 19.9 Å². The highest BCUT2D eigenvalue weighted by Crippen LogP contribution is 2.17. The largest absolute Gasteiger partial charge is 0.399 e. The summed E-state index contributed by atoms with van der Waals surface area (Å²) in [7, 11) is -3.73. The van der Waals surface area contributed by atoms with Crippen LogP contribution in [-0.2, 0) is 16.4 Å². The summed E-state index contributed by atoms with van der Waals surface area (Å²) in [6.07, 6.45) is 3.84. The van der Waals surface area contributed by atoms with Gasteiger partial charge in [-0.3, -0.25) is 4.98 Å². The van der Waals surface area contributed by atoms with Crippen molar-refractivity contribution in [2.24, 2.45) is 0 Å². The number of nitriles is 1. The predicted molar refractivity (Wildman–Crippen MR) is 78.7 cm³/mol. The Hall–Kier alpha value is -2.43. The number of pyridine rings is 1. The number of nitrogens with one attached hydrogen (secondary N) is 1. The van der Waals surface area contributed by atoms with Gasteiger partial charge in [-0.05, 0) is 42.3 Å². The van der Waals surface area contributed by atoms with Gasteiger partial charge in [-0.15, -0.1) is 0 Å². The van der Waals surface area contributed by atoms with Crippen molar-refractivity contribution in [1.29, 1.82) is 5.26 Å². The number of aromatic nitrogens is 1. The molecular weight excluding hydrogens is 288 g/mol. The Balaban J connectivity index is 2.11. The summed E-state index contributed by atoms with van der Waals surface area (Å²) < 4.78 is 26.9. The van der Waals surface area contributed by atoms with Gasteiger partial charge >= 0.3 is 0 Å². The quantitative estimate of drug-likeness (QED) is 0.803. The standard InChI is InChI=1S/C14H14N4O2S/c15-10-12-9-13(16)1-2-14(12)21(19,20)18-8-5-11-3-6-17-7-4-11/h1-4,6-7,9,18H,5,8,16H2. The number of nitrogens with two attached hydrogens (primary N) is 1. The summed E-state index contributed by atoms with van der Waals surface area (Å²) in [6.45, 7) is 0.238. The SMILES string of the molecule is N#Cc1cc(N)ccc1S(=O)(=O)NCCc1ccncc1. The average molecular weight is 302 g/mol. The highest BCUT2D eigenvalue weighted by atomic mass is 32.2. The molecule has 0 saturated carbocycles. The number of anilines is 1. The minimum Gasteiger partial charge on any atom is -0.399 e. The van der Waals surface area contributed by atoms with E-state index in [4.69, 9.17) is 11.0 Å².